The van der Waals surface area contributed by atoms with Crippen LogP contribution in [0.1, 0.15) is 92.7 Å². The SMILES string of the molecule is CCCCNC(=O)C(c1ccccc1)N(C(=O)C(NC(=O)OC(C)(C)C)C(C)CC)C(C)CC. The van der Waals surface area contributed by atoms with Crippen molar-refractivity contribution in [1.29, 1.82) is 0 Å². The van der Waals surface area contributed by atoms with Gasteiger partial charge in [-0.05, 0) is 52.0 Å². The number of carbonyl (C=O) groups excluding carboxylic acids is 3. The quantitative estimate of drug-likeness (QED) is 0.406. The van der Waals surface area contributed by atoms with Crippen LogP contribution in [-0.2, 0) is 14.3 Å². The van der Waals surface area contributed by atoms with Crippen LogP contribution in [0.5, 0.6) is 0 Å². The molecule has 4 unspecified atom stereocenters. The number of hydrogen-bond acceptors (Lipinski definition) is 4. The third-order valence-corrected chi connectivity index (χ3v) is 5.94. The lowest BCUT2D eigenvalue weighted by atomic mass is 9.94. The smallest absolute Gasteiger partial charge is 0.408 e. The molecule has 0 aromatic heterocycles. The molecule has 192 valence electrons. The van der Waals surface area contributed by atoms with E-state index in [2.05, 4.69) is 17.6 Å². The molecule has 2 N–H and O–H groups in total. The van der Waals surface area contributed by atoms with Crippen molar-refractivity contribution in [3.63, 3.8) is 0 Å². The van der Waals surface area contributed by atoms with Crippen molar-refractivity contribution in [1.82, 2.24) is 15.5 Å². The average Bonchev–Trinajstić information content (AvgIpc) is 2.79. The third kappa shape index (κ3) is 8.99. The highest BCUT2D eigenvalue weighted by atomic mass is 16.6. The summed E-state index contributed by atoms with van der Waals surface area (Å²) in [4.78, 5) is 41.8. The highest BCUT2D eigenvalue weighted by Crippen LogP contribution is 2.27. The van der Waals surface area contributed by atoms with Crippen LogP contribution in [0.2, 0.25) is 0 Å². The fraction of sp³-hybridized carbons (Fsp3) is 0.667. The Labute approximate surface area is 206 Å². The number of hydrogen-bond donors (Lipinski definition) is 2. The van der Waals surface area contributed by atoms with Crippen LogP contribution in [0.25, 0.3) is 0 Å². The molecular weight excluding hydrogens is 430 g/mol. The van der Waals surface area contributed by atoms with Crippen LogP contribution in [0.4, 0.5) is 4.79 Å². The fourth-order valence-electron chi connectivity index (χ4n) is 3.63. The minimum atomic E-state index is -0.816. The summed E-state index contributed by atoms with van der Waals surface area (Å²) in [6.07, 6.45) is 2.52. The summed E-state index contributed by atoms with van der Waals surface area (Å²) in [5, 5.41) is 5.80. The fourth-order valence-corrected chi connectivity index (χ4v) is 3.63. The Bertz CT molecular complexity index is 776. The van der Waals surface area contributed by atoms with Gasteiger partial charge < -0.3 is 20.3 Å². The molecule has 7 nitrogen and oxygen atoms in total. The summed E-state index contributed by atoms with van der Waals surface area (Å²) in [7, 11) is 0. The number of carbonyl (C=O) groups is 3. The van der Waals surface area contributed by atoms with Crippen molar-refractivity contribution in [3.05, 3.63) is 35.9 Å². The number of amides is 3. The molecule has 1 rings (SSSR count). The molecule has 0 saturated heterocycles. The summed E-state index contributed by atoms with van der Waals surface area (Å²) < 4.78 is 5.44. The number of nitrogens with one attached hydrogen (secondary N) is 2. The Hall–Kier alpha value is -2.57. The van der Waals surface area contributed by atoms with E-state index < -0.39 is 23.8 Å². The van der Waals surface area contributed by atoms with E-state index >= 15 is 0 Å². The second kappa shape index (κ2) is 14.0. The molecule has 0 saturated carbocycles. The first kappa shape index (κ1) is 29.5. The molecule has 0 aliphatic rings. The van der Waals surface area contributed by atoms with Gasteiger partial charge in [0.05, 0.1) is 0 Å². The van der Waals surface area contributed by atoms with E-state index in [0.29, 0.717) is 19.4 Å². The van der Waals surface area contributed by atoms with Crippen molar-refractivity contribution >= 4 is 17.9 Å². The highest BCUT2D eigenvalue weighted by molar-refractivity contribution is 5.92. The number of rotatable bonds is 12. The molecule has 0 heterocycles. The monoisotopic (exact) mass is 475 g/mol. The molecule has 0 bridgehead atoms. The van der Waals surface area contributed by atoms with Gasteiger partial charge in [0.25, 0.3) is 0 Å². The van der Waals surface area contributed by atoms with Gasteiger partial charge in [0.1, 0.15) is 17.7 Å². The van der Waals surface area contributed by atoms with Gasteiger partial charge >= 0.3 is 6.09 Å². The molecule has 0 aliphatic heterocycles. The Morgan fingerprint density at radius 3 is 2.12 bits per heavy atom. The largest absolute Gasteiger partial charge is 0.444 e. The Balaban J connectivity index is 3.43. The molecule has 1 aromatic rings. The molecule has 7 heteroatoms. The van der Waals surface area contributed by atoms with Gasteiger partial charge in [-0.3, -0.25) is 9.59 Å². The van der Waals surface area contributed by atoms with Gasteiger partial charge in [-0.25, -0.2) is 4.79 Å². The van der Waals surface area contributed by atoms with Crippen molar-refractivity contribution in [2.24, 2.45) is 5.92 Å². The minimum absolute atomic E-state index is 0.147. The van der Waals surface area contributed by atoms with Crippen LogP contribution < -0.4 is 10.6 Å². The first-order chi connectivity index (χ1) is 16.0. The number of nitrogens with zero attached hydrogens (tertiary/aromatic N) is 1. The molecular formula is C27H45N3O4. The second-order valence-corrected chi connectivity index (χ2v) is 9.97. The Morgan fingerprint density at radius 1 is 1.00 bits per heavy atom. The molecule has 3 amide bonds. The number of benzene rings is 1. The van der Waals surface area contributed by atoms with Crippen LogP contribution in [0, 0.1) is 5.92 Å². The van der Waals surface area contributed by atoms with Gasteiger partial charge in [-0.1, -0.05) is 70.9 Å². The summed E-state index contributed by atoms with van der Waals surface area (Å²) in [5.41, 5.74) is 0.0558. The van der Waals surface area contributed by atoms with E-state index in [0.717, 1.165) is 18.4 Å². The molecule has 0 aliphatic carbocycles. The van der Waals surface area contributed by atoms with Crippen molar-refractivity contribution in [2.75, 3.05) is 6.54 Å². The van der Waals surface area contributed by atoms with E-state index in [-0.39, 0.29) is 23.8 Å². The summed E-state index contributed by atoms with van der Waals surface area (Å²) in [5.74, 6) is -0.645. The van der Waals surface area contributed by atoms with E-state index in [1.807, 2.05) is 58.0 Å². The maximum absolute atomic E-state index is 14.1. The lowest BCUT2D eigenvalue weighted by Gasteiger charge is -2.39. The van der Waals surface area contributed by atoms with Gasteiger partial charge in [0.15, 0.2) is 0 Å². The number of alkyl carbamates (subject to hydrolysis) is 1. The number of unbranched alkanes of at least 4 members (excludes halogenated alkanes) is 1. The highest BCUT2D eigenvalue weighted by Gasteiger charge is 2.39. The van der Waals surface area contributed by atoms with Gasteiger partial charge in [0.2, 0.25) is 11.8 Å². The molecule has 4 atom stereocenters. The lowest BCUT2D eigenvalue weighted by Crippen LogP contribution is -2.57. The first-order valence-electron chi connectivity index (χ1n) is 12.6. The van der Waals surface area contributed by atoms with Gasteiger partial charge in [0, 0.05) is 12.6 Å². The van der Waals surface area contributed by atoms with Gasteiger partial charge in [-0.15, -0.1) is 0 Å². The lowest BCUT2D eigenvalue weighted by molar-refractivity contribution is -0.146. The van der Waals surface area contributed by atoms with Crippen molar-refractivity contribution in [2.45, 2.75) is 105 Å². The van der Waals surface area contributed by atoms with Crippen molar-refractivity contribution < 1.29 is 19.1 Å². The van der Waals surface area contributed by atoms with Crippen LogP contribution in [0.3, 0.4) is 0 Å². The molecule has 0 spiro atoms. The molecule has 0 fully saturated rings. The van der Waals surface area contributed by atoms with E-state index in [9.17, 15) is 14.4 Å². The topological polar surface area (TPSA) is 87.7 Å². The van der Waals surface area contributed by atoms with E-state index in [4.69, 9.17) is 4.74 Å². The zero-order valence-electron chi connectivity index (χ0n) is 22.3. The van der Waals surface area contributed by atoms with Crippen molar-refractivity contribution in [3.8, 4) is 0 Å². The van der Waals surface area contributed by atoms with Crippen LogP contribution in [0.15, 0.2) is 30.3 Å². The maximum atomic E-state index is 14.1. The zero-order valence-corrected chi connectivity index (χ0v) is 22.3. The standard InChI is InChI=1S/C27H45N3O4/c1-9-12-18-28-24(31)23(21-16-14-13-15-17-21)30(20(5)11-3)25(32)22(19(4)10-2)29-26(33)34-27(6,7)8/h13-17,19-20,22-23H,9-12,18H2,1-8H3,(H,28,31)(H,29,33). The number of ether oxygens (including phenoxy) is 1. The van der Waals surface area contributed by atoms with Gasteiger partial charge in [-0.2, -0.15) is 0 Å². The predicted molar refractivity (Wildman–Crippen MR) is 136 cm³/mol. The third-order valence-electron chi connectivity index (χ3n) is 5.94. The Morgan fingerprint density at radius 2 is 1.62 bits per heavy atom. The minimum Gasteiger partial charge on any atom is -0.444 e. The molecule has 0 radical (unpaired) electrons. The van der Waals surface area contributed by atoms with E-state index in [1.54, 1.807) is 25.7 Å². The zero-order chi connectivity index (χ0) is 25.9. The summed E-state index contributed by atoms with van der Waals surface area (Å²) in [6, 6.07) is 7.52. The normalized spacial score (nSPS) is 14.9. The molecule has 34 heavy (non-hydrogen) atoms. The first-order valence-corrected chi connectivity index (χ1v) is 12.6. The van der Waals surface area contributed by atoms with Crippen LogP contribution >= 0.6 is 0 Å². The van der Waals surface area contributed by atoms with Crippen LogP contribution in [-0.4, -0.2) is 47.0 Å². The predicted octanol–water partition coefficient (Wildman–Crippen LogP) is 5.21. The average molecular weight is 476 g/mol. The molecule has 1 aromatic carbocycles. The summed E-state index contributed by atoms with van der Waals surface area (Å²) >= 11 is 0. The van der Waals surface area contributed by atoms with E-state index in [1.165, 1.54) is 0 Å². The Kier molecular flexibility index (Phi) is 12.1. The summed E-state index contributed by atoms with van der Waals surface area (Å²) in [6.45, 7) is 15.8. The second-order valence-electron chi connectivity index (χ2n) is 9.97. The maximum Gasteiger partial charge on any atom is 0.408 e.